The lowest BCUT2D eigenvalue weighted by molar-refractivity contribution is 0.0136. The van der Waals surface area contributed by atoms with Crippen molar-refractivity contribution in [3.63, 3.8) is 0 Å². The molecule has 0 aromatic carbocycles. The monoisotopic (exact) mass is 115 g/mol. The summed E-state index contributed by atoms with van der Waals surface area (Å²) < 4.78 is 4.81. The van der Waals surface area contributed by atoms with E-state index in [2.05, 4.69) is 22.4 Å². The van der Waals surface area contributed by atoms with E-state index in [-0.39, 0.29) is 0 Å². The van der Waals surface area contributed by atoms with Crippen molar-refractivity contribution in [1.29, 1.82) is 0 Å². The summed E-state index contributed by atoms with van der Waals surface area (Å²) in [6.07, 6.45) is 0. The number of aliphatic imine (C=N–C) groups is 1. The summed E-state index contributed by atoms with van der Waals surface area (Å²) in [6, 6.07) is 0.317. The summed E-state index contributed by atoms with van der Waals surface area (Å²) in [6.45, 7) is 1.45. The minimum Gasteiger partial charge on any atom is -0.377 e. The molecule has 1 heterocycles. The highest BCUT2D eigenvalue weighted by atomic mass is 32.1. The second kappa shape index (κ2) is 2.17. The Kier molecular flexibility index (Phi) is 1.52. The molecule has 0 aliphatic carbocycles. The van der Waals surface area contributed by atoms with E-state index < -0.39 is 0 Å². The zero-order chi connectivity index (χ0) is 5.11. The normalized spacial score (nSPS) is 20.0. The van der Waals surface area contributed by atoms with Crippen molar-refractivity contribution in [3.8, 4) is 0 Å². The quantitative estimate of drug-likeness (QED) is 0.366. The lowest BCUT2D eigenvalue weighted by atomic mass is 10.3. The molecule has 0 bridgehead atoms. The molecule has 38 valence electrons. The molecule has 0 unspecified atom stereocenters. The molecule has 0 saturated carbocycles. The van der Waals surface area contributed by atoms with E-state index in [4.69, 9.17) is 4.74 Å². The smallest absolute Gasteiger partial charge is 0.107 e. The maximum absolute atomic E-state index is 4.81. The maximum atomic E-state index is 4.81. The van der Waals surface area contributed by atoms with Gasteiger partial charge in [-0.15, -0.1) is 0 Å². The second-order valence-electron chi connectivity index (χ2n) is 1.41. The first-order valence-electron chi connectivity index (χ1n) is 2.08. The molecule has 0 N–H and O–H groups in total. The first kappa shape index (κ1) is 4.91. The van der Waals surface area contributed by atoms with E-state index in [1.54, 1.807) is 0 Å². The van der Waals surface area contributed by atoms with Crippen LogP contribution in [0.25, 0.3) is 0 Å². The molecular formula is C4H5NOS. The zero-order valence-electron chi connectivity index (χ0n) is 3.76. The Morgan fingerprint density at radius 3 is 2.57 bits per heavy atom. The number of thiocarbonyl (C=S) groups is 1. The van der Waals surface area contributed by atoms with Gasteiger partial charge in [0, 0.05) is 0 Å². The fourth-order valence-electron chi connectivity index (χ4n) is 0.372. The van der Waals surface area contributed by atoms with Crippen LogP contribution in [0.2, 0.25) is 0 Å². The Labute approximate surface area is 47.2 Å². The SMILES string of the molecule is S=C=NC1COC1. The van der Waals surface area contributed by atoms with Crippen LogP contribution in [-0.2, 0) is 4.74 Å². The minimum absolute atomic E-state index is 0.317. The summed E-state index contributed by atoms with van der Waals surface area (Å²) in [5.74, 6) is 0. The Morgan fingerprint density at radius 2 is 2.43 bits per heavy atom. The van der Waals surface area contributed by atoms with E-state index in [9.17, 15) is 0 Å². The number of nitrogens with zero attached hydrogens (tertiary/aromatic N) is 1. The standard InChI is InChI=1S/C4H5NOS/c7-3-5-4-1-6-2-4/h4H,1-2H2. The van der Waals surface area contributed by atoms with Crippen LogP contribution in [0, 0.1) is 0 Å². The van der Waals surface area contributed by atoms with Gasteiger partial charge in [-0.05, 0) is 12.2 Å². The predicted octanol–water partition coefficient (Wildman–Crippen LogP) is 0.488. The third kappa shape index (κ3) is 1.06. The summed E-state index contributed by atoms with van der Waals surface area (Å²) in [5, 5.41) is 2.30. The summed E-state index contributed by atoms with van der Waals surface area (Å²) in [4.78, 5) is 3.77. The van der Waals surface area contributed by atoms with Crippen LogP contribution in [-0.4, -0.2) is 24.4 Å². The number of isothiocyanates is 1. The van der Waals surface area contributed by atoms with Crippen LogP contribution in [0.1, 0.15) is 0 Å². The van der Waals surface area contributed by atoms with E-state index in [0.717, 1.165) is 13.2 Å². The molecule has 0 spiro atoms. The van der Waals surface area contributed by atoms with Crippen LogP contribution >= 0.6 is 12.2 Å². The molecule has 1 saturated heterocycles. The van der Waals surface area contributed by atoms with E-state index in [1.807, 2.05) is 0 Å². The van der Waals surface area contributed by atoms with Crippen molar-refractivity contribution >= 4 is 17.4 Å². The topological polar surface area (TPSA) is 21.6 Å². The molecule has 0 atom stereocenters. The Hall–Kier alpha value is -0.240. The van der Waals surface area contributed by atoms with Crippen molar-refractivity contribution in [1.82, 2.24) is 0 Å². The first-order valence-corrected chi connectivity index (χ1v) is 2.49. The molecular weight excluding hydrogens is 110 g/mol. The molecule has 0 aromatic heterocycles. The average Bonchev–Trinajstić information content (AvgIpc) is 1.55. The van der Waals surface area contributed by atoms with Crippen molar-refractivity contribution < 1.29 is 4.74 Å². The van der Waals surface area contributed by atoms with Crippen LogP contribution in [0.5, 0.6) is 0 Å². The molecule has 0 radical (unpaired) electrons. The van der Waals surface area contributed by atoms with Gasteiger partial charge >= 0.3 is 0 Å². The van der Waals surface area contributed by atoms with Gasteiger partial charge in [-0.3, -0.25) is 0 Å². The number of rotatable bonds is 1. The van der Waals surface area contributed by atoms with Gasteiger partial charge in [0.2, 0.25) is 0 Å². The van der Waals surface area contributed by atoms with Gasteiger partial charge in [0.15, 0.2) is 0 Å². The molecule has 0 aromatic rings. The summed E-state index contributed by atoms with van der Waals surface area (Å²) >= 11 is 4.36. The molecule has 2 nitrogen and oxygen atoms in total. The van der Waals surface area contributed by atoms with Gasteiger partial charge in [0.1, 0.15) is 6.04 Å². The summed E-state index contributed by atoms with van der Waals surface area (Å²) in [7, 11) is 0. The summed E-state index contributed by atoms with van der Waals surface area (Å²) in [5.41, 5.74) is 0. The predicted molar refractivity (Wildman–Crippen MR) is 29.6 cm³/mol. The van der Waals surface area contributed by atoms with Gasteiger partial charge in [0.05, 0.1) is 18.4 Å². The lowest BCUT2D eigenvalue weighted by Crippen LogP contribution is -2.31. The number of hydrogen-bond donors (Lipinski definition) is 0. The fraction of sp³-hybridized carbons (Fsp3) is 0.750. The maximum Gasteiger partial charge on any atom is 0.107 e. The highest BCUT2D eigenvalue weighted by Gasteiger charge is 2.15. The van der Waals surface area contributed by atoms with E-state index >= 15 is 0 Å². The van der Waals surface area contributed by atoms with Crippen LogP contribution in [0.15, 0.2) is 4.99 Å². The van der Waals surface area contributed by atoms with Crippen molar-refractivity contribution in [2.24, 2.45) is 4.99 Å². The zero-order valence-corrected chi connectivity index (χ0v) is 4.57. The molecule has 0 amide bonds. The Balaban J connectivity index is 2.27. The molecule has 3 heteroatoms. The number of ether oxygens (including phenoxy) is 1. The van der Waals surface area contributed by atoms with Crippen molar-refractivity contribution in [3.05, 3.63) is 0 Å². The molecule has 7 heavy (non-hydrogen) atoms. The largest absolute Gasteiger partial charge is 0.377 e. The van der Waals surface area contributed by atoms with E-state index in [0.29, 0.717) is 6.04 Å². The Bertz CT molecular complexity index is 104. The fourth-order valence-corrected chi connectivity index (χ4v) is 0.521. The van der Waals surface area contributed by atoms with E-state index in [1.165, 1.54) is 0 Å². The van der Waals surface area contributed by atoms with Crippen LogP contribution < -0.4 is 0 Å². The van der Waals surface area contributed by atoms with Gasteiger partial charge in [-0.2, -0.15) is 0 Å². The van der Waals surface area contributed by atoms with Crippen LogP contribution in [0.3, 0.4) is 0 Å². The minimum atomic E-state index is 0.317. The first-order chi connectivity index (χ1) is 3.43. The van der Waals surface area contributed by atoms with Gasteiger partial charge in [-0.1, -0.05) is 0 Å². The third-order valence-electron chi connectivity index (χ3n) is 0.856. The molecule has 1 rings (SSSR count). The van der Waals surface area contributed by atoms with Gasteiger partial charge in [-0.25, -0.2) is 4.99 Å². The van der Waals surface area contributed by atoms with Crippen LogP contribution in [0.4, 0.5) is 0 Å². The van der Waals surface area contributed by atoms with Gasteiger partial charge < -0.3 is 4.74 Å². The Morgan fingerprint density at radius 1 is 1.71 bits per heavy atom. The molecule has 1 aliphatic heterocycles. The molecule has 1 fully saturated rings. The highest BCUT2D eigenvalue weighted by Crippen LogP contribution is 2.02. The lowest BCUT2D eigenvalue weighted by Gasteiger charge is -2.19. The van der Waals surface area contributed by atoms with Crippen molar-refractivity contribution in [2.75, 3.05) is 13.2 Å². The van der Waals surface area contributed by atoms with Gasteiger partial charge in [0.25, 0.3) is 0 Å². The number of hydrogen-bond acceptors (Lipinski definition) is 3. The van der Waals surface area contributed by atoms with Crippen molar-refractivity contribution in [2.45, 2.75) is 6.04 Å². The average molecular weight is 115 g/mol. The molecule has 1 aliphatic rings. The second-order valence-corrected chi connectivity index (χ2v) is 1.59. The highest BCUT2D eigenvalue weighted by molar-refractivity contribution is 7.78. The third-order valence-corrected chi connectivity index (χ3v) is 0.961.